The summed E-state index contributed by atoms with van der Waals surface area (Å²) >= 11 is 0. The molecule has 0 aliphatic carbocycles. The molecule has 2 N–H and O–H groups in total. The van der Waals surface area contributed by atoms with Gasteiger partial charge in [-0.05, 0) is 42.8 Å². The molecule has 1 atom stereocenters. The van der Waals surface area contributed by atoms with Gasteiger partial charge in [0.25, 0.3) is 5.91 Å². The lowest BCUT2D eigenvalue weighted by Crippen LogP contribution is -2.26. The third-order valence-corrected chi connectivity index (χ3v) is 3.33. The van der Waals surface area contributed by atoms with Gasteiger partial charge in [-0.1, -0.05) is 18.2 Å². The van der Waals surface area contributed by atoms with Crippen LogP contribution in [0.3, 0.4) is 0 Å². The molecule has 0 saturated heterocycles. The van der Waals surface area contributed by atoms with Crippen LogP contribution < -0.4 is 10.1 Å². The minimum absolute atomic E-state index is 0.0178. The van der Waals surface area contributed by atoms with Gasteiger partial charge in [0.2, 0.25) is 0 Å². The number of hydrogen-bond acceptors (Lipinski definition) is 3. The zero-order valence-corrected chi connectivity index (χ0v) is 13.2. The first-order valence-electron chi connectivity index (χ1n) is 7.48. The number of carbonyl (C=O) groups is 2. The molecule has 0 radical (unpaired) electrons. The second-order valence-electron chi connectivity index (χ2n) is 5.25. The van der Waals surface area contributed by atoms with Crippen molar-refractivity contribution >= 4 is 11.9 Å². The quantitative estimate of drug-likeness (QED) is 0.817. The number of rotatable bonds is 7. The molecule has 0 aliphatic heterocycles. The number of benzene rings is 2. The summed E-state index contributed by atoms with van der Waals surface area (Å²) in [4.78, 5) is 22.5. The zero-order chi connectivity index (χ0) is 17.5. The van der Waals surface area contributed by atoms with Crippen molar-refractivity contribution in [2.45, 2.75) is 19.4 Å². The van der Waals surface area contributed by atoms with Gasteiger partial charge in [-0.25, -0.2) is 4.39 Å². The van der Waals surface area contributed by atoms with Crippen LogP contribution in [0.25, 0.3) is 0 Å². The Kier molecular flexibility index (Phi) is 5.89. The molecule has 1 amide bonds. The molecule has 0 spiro atoms. The van der Waals surface area contributed by atoms with E-state index in [9.17, 15) is 14.0 Å². The summed E-state index contributed by atoms with van der Waals surface area (Å²) in [7, 11) is 0. The molecule has 5 nitrogen and oxygen atoms in total. The molecular weight excluding hydrogens is 313 g/mol. The summed E-state index contributed by atoms with van der Waals surface area (Å²) in [6.45, 7) is 1.74. The van der Waals surface area contributed by atoms with Gasteiger partial charge in [0.05, 0.1) is 6.42 Å². The van der Waals surface area contributed by atoms with E-state index in [4.69, 9.17) is 9.84 Å². The number of ether oxygens (including phenoxy) is 1. The van der Waals surface area contributed by atoms with Gasteiger partial charge in [0, 0.05) is 12.1 Å². The molecule has 0 fully saturated rings. The van der Waals surface area contributed by atoms with Crippen molar-refractivity contribution < 1.29 is 23.8 Å². The van der Waals surface area contributed by atoms with Crippen LogP contribution in [-0.2, 0) is 4.79 Å². The maximum Gasteiger partial charge on any atom is 0.305 e. The Balaban J connectivity index is 2.09. The van der Waals surface area contributed by atoms with Crippen LogP contribution in [0.4, 0.5) is 4.39 Å². The standard InChI is InChI=1S/C18H18FNO4/c1-12(24-16-5-3-2-4-6-16)13-9-14(11-15(19)10-13)18(23)20-8-7-17(21)22/h2-6,9-12H,7-8H2,1H3,(H,20,23)(H,21,22). The van der Waals surface area contributed by atoms with Crippen molar-refractivity contribution in [3.63, 3.8) is 0 Å². The van der Waals surface area contributed by atoms with Gasteiger partial charge in [-0.3, -0.25) is 9.59 Å². The maximum atomic E-state index is 13.8. The Hall–Kier alpha value is -2.89. The second-order valence-corrected chi connectivity index (χ2v) is 5.25. The Morgan fingerprint density at radius 3 is 2.58 bits per heavy atom. The summed E-state index contributed by atoms with van der Waals surface area (Å²) in [6.07, 6.45) is -0.643. The zero-order valence-electron chi connectivity index (χ0n) is 13.2. The highest BCUT2D eigenvalue weighted by Gasteiger charge is 2.14. The van der Waals surface area contributed by atoms with Crippen molar-refractivity contribution in [3.05, 3.63) is 65.5 Å². The van der Waals surface area contributed by atoms with E-state index in [1.165, 1.54) is 12.1 Å². The van der Waals surface area contributed by atoms with Gasteiger partial charge in [-0.15, -0.1) is 0 Å². The SMILES string of the molecule is CC(Oc1ccccc1)c1cc(F)cc(C(=O)NCCC(=O)O)c1. The fraction of sp³-hybridized carbons (Fsp3) is 0.222. The van der Waals surface area contributed by atoms with Crippen molar-refractivity contribution in [3.8, 4) is 5.75 Å². The number of aliphatic carboxylic acids is 1. The molecule has 0 aromatic heterocycles. The molecule has 0 heterocycles. The first kappa shape index (κ1) is 17.5. The van der Waals surface area contributed by atoms with E-state index in [1.807, 2.05) is 18.2 Å². The van der Waals surface area contributed by atoms with Gasteiger partial charge < -0.3 is 15.2 Å². The summed E-state index contributed by atoms with van der Waals surface area (Å²) in [5.74, 6) is -1.45. The summed E-state index contributed by atoms with van der Waals surface area (Å²) in [5.41, 5.74) is 0.640. The van der Waals surface area contributed by atoms with Crippen LogP contribution in [-0.4, -0.2) is 23.5 Å². The predicted molar refractivity (Wildman–Crippen MR) is 86.5 cm³/mol. The molecule has 0 aliphatic rings. The predicted octanol–water partition coefficient (Wildman–Crippen LogP) is 3.17. The number of nitrogens with one attached hydrogen (secondary N) is 1. The number of amides is 1. The monoisotopic (exact) mass is 331 g/mol. The van der Waals surface area contributed by atoms with Crippen LogP contribution >= 0.6 is 0 Å². The van der Waals surface area contributed by atoms with Gasteiger partial charge in [-0.2, -0.15) is 0 Å². The fourth-order valence-electron chi connectivity index (χ4n) is 2.13. The lowest BCUT2D eigenvalue weighted by Gasteiger charge is -2.16. The Bertz CT molecular complexity index is 718. The highest BCUT2D eigenvalue weighted by atomic mass is 19.1. The van der Waals surface area contributed by atoms with E-state index in [-0.39, 0.29) is 18.5 Å². The van der Waals surface area contributed by atoms with Gasteiger partial charge in [0.15, 0.2) is 0 Å². The molecule has 0 bridgehead atoms. The maximum absolute atomic E-state index is 13.8. The fourth-order valence-corrected chi connectivity index (χ4v) is 2.13. The number of carboxylic acids is 1. The molecule has 126 valence electrons. The number of para-hydroxylation sites is 1. The van der Waals surface area contributed by atoms with Gasteiger partial charge >= 0.3 is 5.97 Å². The van der Waals surface area contributed by atoms with E-state index >= 15 is 0 Å². The summed E-state index contributed by atoms with van der Waals surface area (Å²) < 4.78 is 19.5. The Labute approximate surface area is 139 Å². The normalized spacial score (nSPS) is 11.6. The summed E-state index contributed by atoms with van der Waals surface area (Å²) in [6, 6.07) is 13.0. The molecular formula is C18H18FNO4. The number of carboxylic acid groups (broad SMARTS) is 1. The van der Waals surface area contributed by atoms with Crippen molar-refractivity contribution in [1.29, 1.82) is 0 Å². The minimum Gasteiger partial charge on any atom is -0.486 e. The first-order valence-corrected chi connectivity index (χ1v) is 7.48. The van der Waals surface area contributed by atoms with Crippen molar-refractivity contribution in [2.75, 3.05) is 6.54 Å². The van der Waals surface area contributed by atoms with Crippen molar-refractivity contribution in [1.82, 2.24) is 5.32 Å². The van der Waals surface area contributed by atoms with Crippen molar-refractivity contribution in [2.24, 2.45) is 0 Å². The molecule has 2 aromatic carbocycles. The molecule has 24 heavy (non-hydrogen) atoms. The van der Waals surface area contributed by atoms with Crippen LogP contribution in [0.2, 0.25) is 0 Å². The lowest BCUT2D eigenvalue weighted by molar-refractivity contribution is -0.136. The number of hydrogen-bond donors (Lipinski definition) is 2. The third kappa shape index (κ3) is 5.08. The van der Waals surface area contributed by atoms with Crippen LogP contribution in [0.1, 0.15) is 35.4 Å². The van der Waals surface area contributed by atoms with E-state index in [0.29, 0.717) is 11.3 Å². The topological polar surface area (TPSA) is 75.6 Å². The average molecular weight is 331 g/mol. The third-order valence-electron chi connectivity index (χ3n) is 3.33. The van der Waals surface area contributed by atoms with Crippen LogP contribution in [0.5, 0.6) is 5.75 Å². The smallest absolute Gasteiger partial charge is 0.305 e. The molecule has 0 saturated carbocycles. The minimum atomic E-state index is -1.01. The first-order chi connectivity index (χ1) is 11.5. The van der Waals surface area contributed by atoms with E-state index in [0.717, 1.165) is 6.07 Å². The average Bonchev–Trinajstić information content (AvgIpc) is 2.54. The Morgan fingerprint density at radius 2 is 1.92 bits per heavy atom. The molecule has 2 rings (SSSR count). The molecule has 1 unspecified atom stereocenters. The molecule has 2 aromatic rings. The highest BCUT2D eigenvalue weighted by molar-refractivity contribution is 5.94. The number of halogens is 1. The highest BCUT2D eigenvalue weighted by Crippen LogP contribution is 2.23. The van der Waals surface area contributed by atoms with E-state index in [1.54, 1.807) is 19.1 Å². The van der Waals surface area contributed by atoms with Crippen LogP contribution in [0, 0.1) is 5.82 Å². The van der Waals surface area contributed by atoms with Crippen LogP contribution in [0.15, 0.2) is 48.5 Å². The van der Waals surface area contributed by atoms with Gasteiger partial charge in [0.1, 0.15) is 17.7 Å². The lowest BCUT2D eigenvalue weighted by atomic mass is 10.1. The Morgan fingerprint density at radius 1 is 1.21 bits per heavy atom. The largest absolute Gasteiger partial charge is 0.486 e. The summed E-state index contributed by atoms with van der Waals surface area (Å²) in [5, 5.41) is 11.0. The molecule has 6 heteroatoms. The van der Waals surface area contributed by atoms with E-state index in [2.05, 4.69) is 5.32 Å². The number of carbonyl (C=O) groups excluding carboxylic acids is 1. The van der Waals surface area contributed by atoms with E-state index < -0.39 is 23.8 Å². The second kappa shape index (κ2) is 8.10.